The van der Waals surface area contributed by atoms with Crippen molar-refractivity contribution in [2.24, 2.45) is 0 Å². The summed E-state index contributed by atoms with van der Waals surface area (Å²) in [5.74, 6) is 3.50. The first-order valence-corrected chi connectivity index (χ1v) is 9.80. The van der Waals surface area contributed by atoms with Gasteiger partial charge in [-0.05, 0) is 37.7 Å². The minimum atomic E-state index is 0.249. The Labute approximate surface area is 139 Å². The maximum Gasteiger partial charge on any atom is 0.134 e. The van der Waals surface area contributed by atoms with Gasteiger partial charge >= 0.3 is 0 Å². The normalized spacial score (nSPS) is 24.3. The van der Waals surface area contributed by atoms with Gasteiger partial charge in [0.05, 0.1) is 6.04 Å². The van der Waals surface area contributed by atoms with Crippen molar-refractivity contribution in [3.05, 3.63) is 35.0 Å². The number of halogens is 1. The highest BCUT2D eigenvalue weighted by molar-refractivity contribution is 8.07. The maximum atomic E-state index is 6.08. The van der Waals surface area contributed by atoms with Crippen LogP contribution in [-0.2, 0) is 0 Å². The first kappa shape index (κ1) is 15.6. The number of rotatable bonds is 4. The maximum absolute atomic E-state index is 6.08. The van der Waals surface area contributed by atoms with Crippen LogP contribution in [0, 0.1) is 0 Å². The van der Waals surface area contributed by atoms with E-state index >= 15 is 0 Å². The van der Waals surface area contributed by atoms with Gasteiger partial charge in [-0.2, -0.15) is 23.5 Å². The second kappa shape index (κ2) is 6.86. The second-order valence-electron chi connectivity index (χ2n) is 5.25. The van der Waals surface area contributed by atoms with E-state index in [0.717, 1.165) is 21.8 Å². The SMILES string of the molecule is CCC1SCCSC1C(NC)c1cc2cc(Cl)ccc2o1. The molecule has 0 amide bonds. The quantitative estimate of drug-likeness (QED) is 0.848. The molecule has 1 aromatic heterocycles. The zero-order valence-corrected chi connectivity index (χ0v) is 14.7. The van der Waals surface area contributed by atoms with Crippen molar-refractivity contribution in [1.82, 2.24) is 5.32 Å². The Balaban J connectivity index is 1.93. The Kier molecular flexibility index (Phi) is 5.10. The number of furan rings is 1. The van der Waals surface area contributed by atoms with Crippen LogP contribution in [0.5, 0.6) is 0 Å². The van der Waals surface area contributed by atoms with Gasteiger partial charge in [0.1, 0.15) is 11.3 Å². The molecule has 0 saturated carbocycles. The lowest BCUT2D eigenvalue weighted by Crippen LogP contribution is -2.37. The average Bonchev–Trinajstić information content (AvgIpc) is 2.91. The summed E-state index contributed by atoms with van der Waals surface area (Å²) in [5.41, 5.74) is 0.913. The van der Waals surface area contributed by atoms with Gasteiger partial charge in [0.25, 0.3) is 0 Å². The van der Waals surface area contributed by atoms with Crippen LogP contribution in [-0.4, -0.2) is 29.1 Å². The fraction of sp³-hybridized carbons (Fsp3) is 0.500. The molecule has 1 fully saturated rings. The van der Waals surface area contributed by atoms with E-state index in [0.29, 0.717) is 10.5 Å². The lowest BCUT2D eigenvalue weighted by atomic mass is 10.1. The van der Waals surface area contributed by atoms with E-state index in [2.05, 4.69) is 41.8 Å². The van der Waals surface area contributed by atoms with Gasteiger partial charge < -0.3 is 9.73 Å². The number of benzene rings is 1. The fourth-order valence-electron chi connectivity index (χ4n) is 2.90. The molecule has 3 atom stereocenters. The Bertz CT molecular complexity index is 615. The monoisotopic (exact) mass is 341 g/mol. The van der Waals surface area contributed by atoms with Gasteiger partial charge in [-0.15, -0.1) is 0 Å². The van der Waals surface area contributed by atoms with E-state index in [9.17, 15) is 0 Å². The first-order chi connectivity index (χ1) is 10.2. The number of fused-ring (bicyclic) bond motifs is 1. The third kappa shape index (κ3) is 3.24. The van der Waals surface area contributed by atoms with E-state index in [4.69, 9.17) is 16.0 Å². The summed E-state index contributed by atoms with van der Waals surface area (Å²) < 4.78 is 6.08. The number of hydrogen-bond donors (Lipinski definition) is 1. The average molecular weight is 342 g/mol. The molecule has 1 saturated heterocycles. The summed E-state index contributed by atoms with van der Waals surface area (Å²) >= 11 is 10.2. The molecule has 3 unspecified atom stereocenters. The minimum Gasteiger partial charge on any atom is -0.459 e. The molecule has 114 valence electrons. The van der Waals surface area contributed by atoms with Crippen LogP contribution in [0.3, 0.4) is 0 Å². The summed E-state index contributed by atoms with van der Waals surface area (Å²) in [6, 6.07) is 8.18. The van der Waals surface area contributed by atoms with Crippen molar-refractivity contribution in [2.45, 2.75) is 29.9 Å². The van der Waals surface area contributed by atoms with Gasteiger partial charge in [0.2, 0.25) is 0 Å². The van der Waals surface area contributed by atoms with Crippen LogP contribution in [0.1, 0.15) is 25.1 Å². The molecule has 5 heteroatoms. The first-order valence-electron chi connectivity index (χ1n) is 7.32. The van der Waals surface area contributed by atoms with Gasteiger partial charge in [-0.1, -0.05) is 18.5 Å². The van der Waals surface area contributed by atoms with Crippen molar-refractivity contribution in [1.29, 1.82) is 0 Å². The molecule has 2 heterocycles. The van der Waals surface area contributed by atoms with Crippen LogP contribution in [0.4, 0.5) is 0 Å². The number of thioether (sulfide) groups is 2. The Morgan fingerprint density at radius 2 is 2.14 bits per heavy atom. The van der Waals surface area contributed by atoms with E-state index in [-0.39, 0.29) is 6.04 Å². The summed E-state index contributed by atoms with van der Waals surface area (Å²) in [6.45, 7) is 2.28. The zero-order chi connectivity index (χ0) is 14.8. The second-order valence-corrected chi connectivity index (χ2v) is 8.32. The van der Waals surface area contributed by atoms with E-state index in [1.165, 1.54) is 17.9 Å². The lowest BCUT2D eigenvalue weighted by Gasteiger charge is -2.34. The third-order valence-corrected chi connectivity index (χ3v) is 7.52. The highest BCUT2D eigenvalue weighted by atomic mass is 35.5. The van der Waals surface area contributed by atoms with Crippen molar-refractivity contribution in [2.75, 3.05) is 18.6 Å². The summed E-state index contributed by atoms with van der Waals surface area (Å²) in [5, 5.41) is 6.53. The molecule has 21 heavy (non-hydrogen) atoms. The van der Waals surface area contributed by atoms with Crippen molar-refractivity contribution >= 4 is 46.1 Å². The summed E-state index contributed by atoms with van der Waals surface area (Å²) in [6.07, 6.45) is 1.20. The van der Waals surface area contributed by atoms with Crippen molar-refractivity contribution in [3.8, 4) is 0 Å². The molecule has 1 aliphatic rings. The molecule has 0 radical (unpaired) electrons. The predicted octanol–water partition coefficient (Wildman–Crippen LogP) is 4.97. The zero-order valence-electron chi connectivity index (χ0n) is 12.3. The van der Waals surface area contributed by atoms with Crippen molar-refractivity contribution < 1.29 is 4.42 Å². The highest BCUT2D eigenvalue weighted by Gasteiger charge is 2.34. The van der Waals surface area contributed by atoms with Crippen LogP contribution >= 0.6 is 35.1 Å². The Morgan fingerprint density at radius 3 is 2.90 bits per heavy atom. The molecule has 0 spiro atoms. The predicted molar refractivity (Wildman–Crippen MR) is 95.8 cm³/mol. The molecular formula is C16H20ClNOS2. The molecule has 2 nitrogen and oxygen atoms in total. The summed E-state index contributed by atoms with van der Waals surface area (Å²) in [4.78, 5) is 0. The largest absolute Gasteiger partial charge is 0.459 e. The van der Waals surface area contributed by atoms with E-state index < -0.39 is 0 Å². The third-order valence-electron chi connectivity index (χ3n) is 3.94. The summed E-state index contributed by atoms with van der Waals surface area (Å²) in [7, 11) is 2.03. The van der Waals surface area contributed by atoms with Crippen molar-refractivity contribution in [3.63, 3.8) is 0 Å². The Hall–Kier alpha value is -0.290. The van der Waals surface area contributed by atoms with Gasteiger partial charge in [-0.3, -0.25) is 0 Å². The van der Waals surface area contributed by atoms with Gasteiger partial charge in [0.15, 0.2) is 0 Å². The van der Waals surface area contributed by atoms with E-state index in [1.807, 2.05) is 25.2 Å². The topological polar surface area (TPSA) is 25.2 Å². The number of nitrogens with one attached hydrogen (secondary N) is 1. The van der Waals surface area contributed by atoms with Crippen LogP contribution in [0.25, 0.3) is 11.0 Å². The fourth-order valence-corrected chi connectivity index (χ4v) is 6.35. The number of hydrogen-bond acceptors (Lipinski definition) is 4. The molecule has 1 aliphatic heterocycles. The molecule has 1 aromatic carbocycles. The van der Waals surface area contributed by atoms with Gasteiger partial charge in [-0.25, -0.2) is 0 Å². The molecule has 0 bridgehead atoms. The van der Waals surface area contributed by atoms with E-state index in [1.54, 1.807) is 0 Å². The smallest absolute Gasteiger partial charge is 0.134 e. The highest BCUT2D eigenvalue weighted by Crippen LogP contribution is 2.41. The molecule has 2 aromatic rings. The minimum absolute atomic E-state index is 0.249. The lowest BCUT2D eigenvalue weighted by molar-refractivity contribution is 0.434. The molecule has 1 N–H and O–H groups in total. The van der Waals surface area contributed by atoms with Gasteiger partial charge in [0, 0.05) is 32.4 Å². The standard InChI is InChI=1S/C16H20ClNOS2/c1-3-14-16(21-7-6-20-14)15(18-2)13-9-10-8-11(17)4-5-12(10)19-13/h4-5,8-9,14-16,18H,3,6-7H2,1-2H3. The van der Waals surface area contributed by atoms with Crippen LogP contribution < -0.4 is 5.32 Å². The van der Waals surface area contributed by atoms with Crippen LogP contribution in [0.2, 0.25) is 5.02 Å². The molecule has 0 aliphatic carbocycles. The molecule has 3 rings (SSSR count). The Morgan fingerprint density at radius 1 is 1.33 bits per heavy atom. The van der Waals surface area contributed by atoms with Crippen LogP contribution in [0.15, 0.2) is 28.7 Å². The molecular weight excluding hydrogens is 322 g/mol.